The van der Waals surface area contributed by atoms with Crippen LogP contribution in [0.15, 0.2) is 24.3 Å². The third kappa shape index (κ3) is 6.77. The Hall–Kier alpha value is -2.70. The summed E-state index contributed by atoms with van der Waals surface area (Å²) in [6.07, 6.45) is 2.81. The fourth-order valence-electron chi connectivity index (χ4n) is 5.67. The first kappa shape index (κ1) is 30.3. The predicted octanol–water partition coefficient (Wildman–Crippen LogP) is 2.37. The standard InChI is InChI=1S/C27H37Cl2N7O4/c1-3-19-16-35(25-23(29)32-21(24(30)33-25)26(38)31-10-15-37)13-14-36(19)20-8-11-34(12-9-20)22(27(39)40-2)17-4-6-18(28)7-5-17/h4-7,19-20,22,37H,3,8-16H2,1-2H3,(H2,30,33)(H,31,38)/t19-,22+/m0/s1. The molecule has 2 atom stereocenters. The number of aliphatic hydroxyl groups is 1. The Morgan fingerprint density at radius 1 is 1.15 bits per heavy atom. The van der Waals surface area contributed by atoms with Gasteiger partial charge in [0.05, 0.1) is 13.7 Å². The number of nitrogens with two attached hydrogens (primary N) is 1. The second-order valence-corrected chi connectivity index (χ2v) is 10.8. The average molecular weight is 595 g/mol. The smallest absolute Gasteiger partial charge is 0.327 e. The van der Waals surface area contributed by atoms with Crippen molar-refractivity contribution in [2.75, 3.05) is 63.6 Å². The Morgan fingerprint density at radius 3 is 2.48 bits per heavy atom. The van der Waals surface area contributed by atoms with E-state index in [1.54, 1.807) is 12.1 Å². The molecule has 0 saturated carbocycles. The van der Waals surface area contributed by atoms with Gasteiger partial charge in [-0.15, -0.1) is 0 Å². The molecule has 2 fully saturated rings. The van der Waals surface area contributed by atoms with E-state index in [1.807, 2.05) is 12.1 Å². The van der Waals surface area contributed by atoms with Gasteiger partial charge in [-0.25, -0.2) is 14.8 Å². The molecule has 1 aromatic heterocycles. The molecular formula is C27H37Cl2N7O4. The Morgan fingerprint density at radius 2 is 1.85 bits per heavy atom. The first-order valence-electron chi connectivity index (χ1n) is 13.6. The van der Waals surface area contributed by atoms with E-state index < -0.39 is 11.9 Å². The van der Waals surface area contributed by atoms with Crippen molar-refractivity contribution in [3.63, 3.8) is 0 Å². The molecule has 2 aliphatic heterocycles. The van der Waals surface area contributed by atoms with Crippen molar-refractivity contribution in [3.05, 3.63) is 45.7 Å². The highest BCUT2D eigenvalue weighted by Gasteiger charge is 2.37. The predicted molar refractivity (Wildman–Crippen MR) is 155 cm³/mol. The summed E-state index contributed by atoms with van der Waals surface area (Å²) in [4.78, 5) is 40.5. The van der Waals surface area contributed by atoms with Crippen LogP contribution in [0.1, 0.15) is 48.3 Å². The van der Waals surface area contributed by atoms with E-state index in [2.05, 4.69) is 36.9 Å². The van der Waals surface area contributed by atoms with Crippen molar-refractivity contribution >= 4 is 46.7 Å². The lowest BCUT2D eigenvalue weighted by atomic mass is 9.95. The molecule has 11 nitrogen and oxygen atoms in total. The molecule has 0 unspecified atom stereocenters. The zero-order valence-electron chi connectivity index (χ0n) is 22.9. The SMILES string of the molecule is CC[C@H]1CN(c2nc(N)c(C(=O)NCCO)nc2Cl)CCN1C1CCN([C@@H](C(=O)OC)c2ccc(Cl)cc2)CC1. The summed E-state index contributed by atoms with van der Waals surface area (Å²) in [5, 5.41) is 12.2. The van der Waals surface area contributed by atoms with Crippen LogP contribution in [-0.4, -0.2) is 102 Å². The number of halogens is 2. The number of aromatic nitrogens is 2. The van der Waals surface area contributed by atoms with Gasteiger partial charge in [0.2, 0.25) is 0 Å². The topological polar surface area (TPSA) is 137 Å². The molecule has 0 radical (unpaired) electrons. The molecule has 3 heterocycles. The lowest BCUT2D eigenvalue weighted by molar-refractivity contribution is -0.148. The van der Waals surface area contributed by atoms with Crippen LogP contribution < -0.4 is 16.0 Å². The number of hydrogen-bond acceptors (Lipinski definition) is 10. The van der Waals surface area contributed by atoms with E-state index in [4.69, 9.17) is 38.8 Å². The van der Waals surface area contributed by atoms with Crippen molar-refractivity contribution in [2.45, 2.75) is 44.3 Å². The van der Waals surface area contributed by atoms with Gasteiger partial charge in [0.15, 0.2) is 22.5 Å². The van der Waals surface area contributed by atoms with Crippen LogP contribution in [0.3, 0.4) is 0 Å². The number of rotatable bonds is 9. The minimum atomic E-state index is -0.527. The second-order valence-electron chi connectivity index (χ2n) is 10.0. The van der Waals surface area contributed by atoms with Crippen molar-refractivity contribution in [1.29, 1.82) is 0 Å². The number of methoxy groups -OCH3 is 1. The van der Waals surface area contributed by atoms with Gasteiger partial charge in [-0.2, -0.15) is 0 Å². The molecular weight excluding hydrogens is 557 g/mol. The summed E-state index contributed by atoms with van der Waals surface area (Å²) in [6, 6.07) is 7.57. The van der Waals surface area contributed by atoms with Gasteiger partial charge in [-0.3, -0.25) is 14.6 Å². The zero-order valence-corrected chi connectivity index (χ0v) is 24.4. The van der Waals surface area contributed by atoms with E-state index in [9.17, 15) is 9.59 Å². The number of benzene rings is 1. The van der Waals surface area contributed by atoms with Crippen LogP contribution in [0.5, 0.6) is 0 Å². The highest BCUT2D eigenvalue weighted by Crippen LogP contribution is 2.32. The molecule has 1 aromatic carbocycles. The molecule has 0 bridgehead atoms. The van der Waals surface area contributed by atoms with Crippen molar-refractivity contribution in [2.24, 2.45) is 0 Å². The second kappa shape index (κ2) is 13.8. The fourth-order valence-corrected chi connectivity index (χ4v) is 6.05. The molecule has 13 heteroatoms. The van der Waals surface area contributed by atoms with Crippen LogP contribution in [0, 0.1) is 0 Å². The first-order valence-corrected chi connectivity index (χ1v) is 14.3. The van der Waals surface area contributed by atoms with Gasteiger partial charge in [0.1, 0.15) is 6.04 Å². The van der Waals surface area contributed by atoms with E-state index in [0.29, 0.717) is 30.0 Å². The van der Waals surface area contributed by atoms with Crippen molar-refractivity contribution < 1.29 is 19.4 Å². The number of carbonyl (C=O) groups excluding carboxylic acids is 2. The van der Waals surface area contributed by atoms with Crippen molar-refractivity contribution in [3.8, 4) is 0 Å². The number of nitrogens with one attached hydrogen (secondary N) is 1. The number of anilines is 2. The molecule has 0 aliphatic carbocycles. The van der Waals surface area contributed by atoms with Gasteiger partial charge < -0.3 is 25.8 Å². The van der Waals surface area contributed by atoms with E-state index in [-0.39, 0.29) is 41.8 Å². The number of ether oxygens (including phenoxy) is 1. The number of nitrogens with zero attached hydrogens (tertiary/aromatic N) is 5. The zero-order chi connectivity index (χ0) is 28.8. The number of esters is 1. The molecule has 4 rings (SSSR count). The molecule has 40 heavy (non-hydrogen) atoms. The van der Waals surface area contributed by atoms with Crippen LogP contribution in [-0.2, 0) is 9.53 Å². The van der Waals surface area contributed by atoms with Crippen LogP contribution in [0.4, 0.5) is 11.6 Å². The highest BCUT2D eigenvalue weighted by atomic mass is 35.5. The Balaban J connectivity index is 1.41. The summed E-state index contributed by atoms with van der Waals surface area (Å²) < 4.78 is 5.14. The molecule has 2 aliphatic rings. The normalized spacial score (nSPS) is 19.8. The number of nitrogen functional groups attached to an aromatic ring is 1. The van der Waals surface area contributed by atoms with Crippen molar-refractivity contribution in [1.82, 2.24) is 25.1 Å². The van der Waals surface area contributed by atoms with Gasteiger partial charge in [-0.1, -0.05) is 42.3 Å². The Bertz CT molecular complexity index is 1180. The summed E-state index contributed by atoms with van der Waals surface area (Å²) in [7, 11) is 1.42. The van der Waals surface area contributed by atoms with E-state index in [1.165, 1.54) is 7.11 Å². The monoisotopic (exact) mass is 593 g/mol. The lowest BCUT2D eigenvalue weighted by Crippen LogP contribution is -2.59. The summed E-state index contributed by atoms with van der Waals surface area (Å²) in [5.41, 5.74) is 6.89. The van der Waals surface area contributed by atoms with Crippen LogP contribution >= 0.6 is 23.2 Å². The third-order valence-corrected chi connectivity index (χ3v) is 8.22. The van der Waals surface area contributed by atoms with Gasteiger partial charge >= 0.3 is 5.97 Å². The number of hydrogen-bond donors (Lipinski definition) is 3. The molecule has 218 valence electrons. The van der Waals surface area contributed by atoms with Crippen LogP contribution in [0.2, 0.25) is 10.2 Å². The fraction of sp³-hybridized carbons (Fsp3) is 0.556. The maximum atomic E-state index is 12.7. The number of aliphatic hydroxyl groups excluding tert-OH is 1. The number of piperidine rings is 1. The quantitative estimate of drug-likeness (QED) is 0.371. The van der Waals surface area contributed by atoms with Crippen LogP contribution in [0.25, 0.3) is 0 Å². The van der Waals surface area contributed by atoms with Gasteiger partial charge in [0.25, 0.3) is 5.91 Å². The summed E-state index contributed by atoms with van der Waals surface area (Å²) >= 11 is 12.5. The molecule has 2 saturated heterocycles. The maximum absolute atomic E-state index is 12.7. The first-order chi connectivity index (χ1) is 19.3. The molecule has 4 N–H and O–H groups in total. The Labute approximate surface area is 244 Å². The minimum absolute atomic E-state index is 0.00135. The summed E-state index contributed by atoms with van der Waals surface area (Å²) in [5.74, 6) is -0.330. The number of likely N-dealkylation sites (tertiary alicyclic amines) is 1. The van der Waals surface area contributed by atoms with E-state index >= 15 is 0 Å². The summed E-state index contributed by atoms with van der Waals surface area (Å²) in [6.45, 7) is 5.82. The number of amides is 1. The number of carbonyl (C=O) groups is 2. The number of piperazine rings is 1. The largest absolute Gasteiger partial charge is 0.468 e. The molecule has 1 amide bonds. The maximum Gasteiger partial charge on any atom is 0.327 e. The minimum Gasteiger partial charge on any atom is -0.468 e. The average Bonchev–Trinajstić information content (AvgIpc) is 2.97. The molecule has 0 spiro atoms. The third-order valence-electron chi connectivity index (χ3n) is 7.72. The molecule has 2 aromatic rings. The Kier molecular flexibility index (Phi) is 10.4. The van der Waals surface area contributed by atoms with Gasteiger partial charge in [-0.05, 0) is 37.0 Å². The van der Waals surface area contributed by atoms with Gasteiger partial charge in [0, 0.05) is 56.4 Å². The van der Waals surface area contributed by atoms with E-state index in [0.717, 1.165) is 44.5 Å². The highest BCUT2D eigenvalue weighted by molar-refractivity contribution is 6.32. The lowest BCUT2D eigenvalue weighted by Gasteiger charge is -2.48.